The Balaban J connectivity index is 1.48. The lowest BCUT2D eigenvalue weighted by Gasteiger charge is -2.58. The molecule has 1 N–H and O–H groups in total. The molecule has 4 aliphatic rings. The number of allylic oxidation sites excluding steroid dienone is 1. The molecule has 3 fully saturated rings. The van der Waals surface area contributed by atoms with E-state index >= 15 is 0 Å². The van der Waals surface area contributed by atoms with Crippen molar-refractivity contribution in [3.8, 4) is 0 Å². The molecule has 0 aromatic rings. The van der Waals surface area contributed by atoms with Crippen molar-refractivity contribution in [3.63, 3.8) is 0 Å². The van der Waals surface area contributed by atoms with Crippen molar-refractivity contribution in [1.82, 2.24) is 0 Å². The van der Waals surface area contributed by atoms with Gasteiger partial charge in [0.2, 0.25) is 0 Å². The van der Waals surface area contributed by atoms with Crippen LogP contribution >= 0.6 is 0 Å². The zero-order valence-electron chi connectivity index (χ0n) is 20.3. The van der Waals surface area contributed by atoms with Crippen molar-refractivity contribution >= 4 is 5.78 Å². The molecule has 3 saturated carbocycles. The lowest BCUT2D eigenvalue weighted by molar-refractivity contribution is -0.121. The fourth-order valence-corrected chi connectivity index (χ4v) is 8.98. The van der Waals surface area contributed by atoms with Gasteiger partial charge < -0.3 is 5.11 Å². The van der Waals surface area contributed by atoms with Gasteiger partial charge in [-0.3, -0.25) is 4.79 Å². The van der Waals surface area contributed by atoms with Crippen LogP contribution in [-0.2, 0) is 4.79 Å². The fraction of sp³-hybridized carbons (Fsp3) is 0.893. The van der Waals surface area contributed by atoms with Gasteiger partial charge in [0.1, 0.15) is 5.78 Å². The average Bonchev–Trinajstić information content (AvgIpc) is 3.06. The topological polar surface area (TPSA) is 37.3 Å². The lowest BCUT2D eigenvalue weighted by atomic mass is 9.47. The molecule has 4 rings (SSSR count). The highest BCUT2D eigenvalue weighted by molar-refractivity contribution is 5.78. The molecule has 4 aliphatic carbocycles. The van der Waals surface area contributed by atoms with E-state index in [0.717, 1.165) is 55.3 Å². The maximum atomic E-state index is 11.9. The molecule has 0 aliphatic heterocycles. The van der Waals surface area contributed by atoms with E-state index in [1.165, 1.54) is 44.9 Å². The molecule has 9 atom stereocenters. The normalized spacial score (nSPS) is 45.0. The highest BCUT2D eigenvalue weighted by Crippen LogP contribution is 2.67. The summed E-state index contributed by atoms with van der Waals surface area (Å²) in [5.41, 5.74) is 2.43. The first-order valence-electron chi connectivity index (χ1n) is 13.1. The van der Waals surface area contributed by atoms with E-state index in [4.69, 9.17) is 0 Å². The minimum atomic E-state index is -0.103. The maximum Gasteiger partial charge on any atom is 0.132 e. The second-order valence-electron chi connectivity index (χ2n) is 12.2. The van der Waals surface area contributed by atoms with Gasteiger partial charge in [0.15, 0.2) is 0 Å². The van der Waals surface area contributed by atoms with E-state index < -0.39 is 0 Å². The van der Waals surface area contributed by atoms with Crippen molar-refractivity contribution in [1.29, 1.82) is 0 Å². The van der Waals surface area contributed by atoms with Crippen LogP contribution in [0.5, 0.6) is 0 Å². The lowest BCUT2D eigenvalue weighted by Crippen LogP contribution is -2.50. The van der Waals surface area contributed by atoms with E-state index in [9.17, 15) is 9.90 Å². The highest BCUT2D eigenvalue weighted by atomic mass is 16.3. The second-order valence-corrected chi connectivity index (χ2v) is 12.2. The Hall–Kier alpha value is -0.630. The molecular weight excluding hydrogens is 368 g/mol. The van der Waals surface area contributed by atoms with Crippen molar-refractivity contribution in [2.45, 2.75) is 111 Å². The number of Topliss-reactive ketones (excluding diaryl/α,β-unsaturated/α-hetero) is 1. The zero-order chi connectivity index (χ0) is 21.7. The van der Waals surface area contributed by atoms with Crippen LogP contribution in [0.25, 0.3) is 0 Å². The smallest absolute Gasteiger partial charge is 0.132 e. The number of fused-ring (bicyclic) bond motifs is 5. The van der Waals surface area contributed by atoms with Crippen molar-refractivity contribution in [3.05, 3.63) is 11.6 Å². The van der Waals surface area contributed by atoms with E-state index in [1.54, 1.807) is 12.5 Å². The Morgan fingerprint density at radius 2 is 1.90 bits per heavy atom. The van der Waals surface area contributed by atoms with E-state index in [0.29, 0.717) is 16.6 Å². The fourth-order valence-electron chi connectivity index (χ4n) is 8.98. The van der Waals surface area contributed by atoms with Crippen LogP contribution in [0.1, 0.15) is 105 Å². The van der Waals surface area contributed by atoms with Crippen LogP contribution in [0, 0.1) is 46.3 Å². The molecule has 0 bridgehead atoms. The van der Waals surface area contributed by atoms with Gasteiger partial charge in [-0.05, 0) is 118 Å². The molecule has 30 heavy (non-hydrogen) atoms. The summed E-state index contributed by atoms with van der Waals surface area (Å²) >= 11 is 0. The summed E-state index contributed by atoms with van der Waals surface area (Å²) < 4.78 is 0. The van der Waals surface area contributed by atoms with E-state index in [-0.39, 0.29) is 12.0 Å². The number of aliphatic hydroxyl groups is 1. The van der Waals surface area contributed by atoms with E-state index in [2.05, 4.69) is 33.8 Å². The number of ketones is 1. The first-order chi connectivity index (χ1) is 14.2. The number of rotatable bonds is 6. The Morgan fingerprint density at radius 1 is 1.13 bits per heavy atom. The SMILES string of the molecule is CC[C@@H](CC[C@@H](C)[C@@H]1CC[C@H]2[C@@H]3CC=C4C[C@@H](O)CC[C@]4(C)[C@@H]3CC[C@]21C)C(C)=O. The summed E-state index contributed by atoms with van der Waals surface area (Å²) in [6.07, 6.45) is 15.7. The van der Waals surface area contributed by atoms with Gasteiger partial charge >= 0.3 is 0 Å². The van der Waals surface area contributed by atoms with Gasteiger partial charge in [-0.1, -0.05) is 39.3 Å². The Bertz CT molecular complexity index is 680. The third kappa shape index (κ3) is 3.63. The van der Waals surface area contributed by atoms with Crippen LogP contribution in [0.2, 0.25) is 0 Å². The van der Waals surface area contributed by atoms with Crippen LogP contribution in [0.4, 0.5) is 0 Å². The molecule has 0 aromatic heterocycles. The molecule has 2 nitrogen and oxygen atoms in total. The van der Waals surface area contributed by atoms with Crippen molar-refractivity contribution < 1.29 is 9.90 Å². The first-order valence-corrected chi connectivity index (χ1v) is 13.1. The molecule has 0 heterocycles. The Morgan fingerprint density at radius 3 is 2.60 bits per heavy atom. The summed E-state index contributed by atoms with van der Waals surface area (Å²) in [5, 5.41) is 10.2. The monoisotopic (exact) mass is 414 g/mol. The summed E-state index contributed by atoms with van der Waals surface area (Å²) in [6.45, 7) is 11.6. The third-order valence-corrected chi connectivity index (χ3v) is 10.9. The van der Waals surface area contributed by atoms with Gasteiger partial charge in [-0.25, -0.2) is 0 Å². The molecule has 2 heteroatoms. The number of carbonyl (C=O) groups is 1. The number of carbonyl (C=O) groups excluding carboxylic acids is 1. The number of hydrogen-bond acceptors (Lipinski definition) is 2. The van der Waals surface area contributed by atoms with E-state index in [1.807, 2.05) is 0 Å². The summed E-state index contributed by atoms with van der Waals surface area (Å²) in [6, 6.07) is 0. The molecule has 0 aromatic carbocycles. The van der Waals surface area contributed by atoms with Crippen LogP contribution in [-0.4, -0.2) is 17.0 Å². The molecular formula is C28H46O2. The van der Waals surface area contributed by atoms with Gasteiger partial charge in [0.25, 0.3) is 0 Å². The number of aliphatic hydroxyl groups excluding tert-OH is 1. The molecule has 0 saturated heterocycles. The summed E-state index contributed by atoms with van der Waals surface area (Å²) in [7, 11) is 0. The van der Waals surface area contributed by atoms with Crippen LogP contribution < -0.4 is 0 Å². The quantitative estimate of drug-likeness (QED) is 0.477. The molecule has 0 spiro atoms. The average molecular weight is 415 g/mol. The number of hydrogen-bond donors (Lipinski definition) is 1. The standard InChI is InChI=1S/C28H46O2/c1-6-20(19(3)29)8-7-18(2)24-11-12-25-23-10-9-21-17-22(30)13-15-27(21,4)26(23)14-16-28(24,25)5/h9,18,20,22-26,30H,6-8,10-17H2,1-5H3/t18-,20+,22+,23+,24+,25+,26-,27+,28+/m1/s1. The second kappa shape index (κ2) is 8.38. The van der Waals surface area contributed by atoms with Gasteiger partial charge in [0, 0.05) is 5.92 Å². The minimum absolute atomic E-state index is 0.103. The van der Waals surface area contributed by atoms with Crippen LogP contribution in [0.3, 0.4) is 0 Å². The largest absolute Gasteiger partial charge is 0.393 e. The summed E-state index contributed by atoms with van der Waals surface area (Å²) in [5.74, 6) is 4.79. The van der Waals surface area contributed by atoms with Gasteiger partial charge in [-0.2, -0.15) is 0 Å². The predicted octanol–water partition coefficient (Wildman–Crippen LogP) is 6.96. The molecule has 170 valence electrons. The first kappa shape index (κ1) is 22.6. The molecule has 0 amide bonds. The highest BCUT2D eigenvalue weighted by Gasteiger charge is 2.59. The molecule has 0 radical (unpaired) electrons. The minimum Gasteiger partial charge on any atom is -0.393 e. The predicted molar refractivity (Wildman–Crippen MR) is 124 cm³/mol. The zero-order valence-corrected chi connectivity index (χ0v) is 20.3. The summed E-state index contributed by atoms with van der Waals surface area (Å²) in [4.78, 5) is 11.9. The van der Waals surface area contributed by atoms with Gasteiger partial charge in [0.05, 0.1) is 6.10 Å². The third-order valence-electron chi connectivity index (χ3n) is 10.9. The Labute approximate surface area is 185 Å². The molecule has 0 unspecified atom stereocenters. The van der Waals surface area contributed by atoms with Crippen molar-refractivity contribution in [2.24, 2.45) is 46.3 Å². The Kier molecular flexibility index (Phi) is 6.30. The maximum absolute atomic E-state index is 11.9. The van der Waals surface area contributed by atoms with Crippen molar-refractivity contribution in [2.75, 3.05) is 0 Å². The van der Waals surface area contributed by atoms with Gasteiger partial charge in [-0.15, -0.1) is 0 Å². The van der Waals surface area contributed by atoms with Crippen LogP contribution in [0.15, 0.2) is 11.6 Å².